The molecule has 5 rings (SSSR count). The molecule has 33 heavy (non-hydrogen) atoms. The van der Waals surface area contributed by atoms with Crippen molar-refractivity contribution in [1.29, 1.82) is 0 Å². The van der Waals surface area contributed by atoms with Crippen LogP contribution in [-0.2, 0) is 16.1 Å². The van der Waals surface area contributed by atoms with Gasteiger partial charge in [-0.15, -0.1) is 0 Å². The second kappa shape index (κ2) is 8.69. The molecular weight excluding hydrogens is 455 g/mol. The van der Waals surface area contributed by atoms with Crippen LogP contribution in [0.25, 0.3) is 5.57 Å². The molecular formula is C27H22Cl2N2O2. The van der Waals surface area contributed by atoms with Crippen LogP contribution in [0, 0.1) is 5.92 Å². The minimum absolute atomic E-state index is 0.143. The van der Waals surface area contributed by atoms with E-state index in [2.05, 4.69) is 10.2 Å². The quantitative estimate of drug-likeness (QED) is 0.477. The van der Waals surface area contributed by atoms with Crippen LogP contribution < -0.4 is 10.2 Å². The number of fused-ring (bicyclic) bond motifs is 1. The highest BCUT2D eigenvalue weighted by Crippen LogP contribution is 2.41. The summed E-state index contributed by atoms with van der Waals surface area (Å²) in [5.74, 6) is -0.328. The third kappa shape index (κ3) is 4.17. The first-order chi connectivity index (χ1) is 15.9. The number of carbonyl (C=O) groups is 2. The molecule has 1 aliphatic heterocycles. The van der Waals surface area contributed by atoms with Crippen molar-refractivity contribution >= 4 is 46.2 Å². The first-order valence-corrected chi connectivity index (χ1v) is 11.6. The van der Waals surface area contributed by atoms with E-state index < -0.39 is 6.04 Å². The van der Waals surface area contributed by atoms with Gasteiger partial charge in [0, 0.05) is 40.3 Å². The van der Waals surface area contributed by atoms with E-state index in [1.807, 2.05) is 67.6 Å². The Balaban J connectivity index is 1.57. The van der Waals surface area contributed by atoms with Crippen LogP contribution in [0.5, 0.6) is 0 Å². The zero-order valence-electron chi connectivity index (χ0n) is 18.0. The van der Waals surface area contributed by atoms with Crippen LogP contribution in [0.2, 0.25) is 10.0 Å². The molecule has 0 saturated heterocycles. The van der Waals surface area contributed by atoms with E-state index in [0.717, 1.165) is 28.1 Å². The number of hydrogen-bond donors (Lipinski definition) is 1. The van der Waals surface area contributed by atoms with Crippen LogP contribution in [-0.4, -0.2) is 11.7 Å². The van der Waals surface area contributed by atoms with Gasteiger partial charge in [0.15, 0.2) is 0 Å². The molecule has 0 spiro atoms. The molecule has 3 aromatic carbocycles. The van der Waals surface area contributed by atoms with Gasteiger partial charge in [0.05, 0.1) is 11.6 Å². The number of halogens is 2. The van der Waals surface area contributed by atoms with Gasteiger partial charge in [-0.05, 0) is 53.9 Å². The van der Waals surface area contributed by atoms with Crippen molar-refractivity contribution in [2.45, 2.75) is 25.9 Å². The number of ketones is 1. The number of hydrogen-bond acceptors (Lipinski definition) is 3. The fraction of sp³-hybridized carbons (Fsp3) is 0.185. The van der Waals surface area contributed by atoms with Crippen molar-refractivity contribution < 1.29 is 9.59 Å². The van der Waals surface area contributed by atoms with E-state index in [4.69, 9.17) is 23.2 Å². The number of amides is 1. The Bertz CT molecular complexity index is 1290. The van der Waals surface area contributed by atoms with Crippen molar-refractivity contribution in [3.05, 3.63) is 105 Å². The molecule has 1 amide bonds. The molecule has 1 unspecified atom stereocenters. The monoisotopic (exact) mass is 476 g/mol. The highest BCUT2D eigenvalue weighted by Gasteiger charge is 2.43. The topological polar surface area (TPSA) is 49.4 Å². The van der Waals surface area contributed by atoms with Crippen molar-refractivity contribution in [2.75, 3.05) is 4.90 Å². The zero-order valence-corrected chi connectivity index (χ0v) is 19.5. The first kappa shape index (κ1) is 21.7. The van der Waals surface area contributed by atoms with Gasteiger partial charge in [0.2, 0.25) is 0 Å². The smallest absolute Gasteiger partial charge is 0.254 e. The Morgan fingerprint density at radius 2 is 1.76 bits per heavy atom. The SMILES string of the molecule is CC1=C(C(=O)N[C@H](c2cccc(Cl)c2)C2CC2=O)c2cccc(Cl)c2CN1c1ccccc1. The number of anilines is 1. The highest BCUT2D eigenvalue weighted by atomic mass is 35.5. The lowest BCUT2D eigenvalue weighted by Gasteiger charge is -2.34. The molecule has 2 atom stereocenters. The van der Waals surface area contributed by atoms with Gasteiger partial charge >= 0.3 is 0 Å². The fourth-order valence-corrected chi connectivity index (χ4v) is 4.96. The summed E-state index contributed by atoms with van der Waals surface area (Å²) in [5.41, 5.74) is 4.92. The Morgan fingerprint density at radius 1 is 1.03 bits per heavy atom. The molecule has 1 N–H and O–H groups in total. The summed E-state index contributed by atoms with van der Waals surface area (Å²) in [6.45, 7) is 2.52. The standard InChI is InChI=1S/C27H22Cl2N2O2/c1-16-25(27(33)30-26(21-14-24(21)32)17-7-5-8-18(28)13-17)20-11-6-12-23(29)22(20)15-31(16)19-9-3-2-4-10-19/h2-13,21,26H,14-15H2,1H3,(H,30,33)/t21?,26-/m1/s1. The fourth-order valence-electron chi connectivity index (χ4n) is 4.53. The Hall–Kier alpha value is -3.08. The second-order valence-corrected chi connectivity index (χ2v) is 9.27. The molecule has 1 fully saturated rings. The molecule has 0 bridgehead atoms. The molecule has 4 nitrogen and oxygen atoms in total. The molecule has 0 radical (unpaired) electrons. The number of benzene rings is 3. The number of allylic oxidation sites excluding steroid dienone is 1. The van der Waals surface area contributed by atoms with Gasteiger partial charge in [-0.25, -0.2) is 0 Å². The normalized spacial score (nSPS) is 18.1. The third-order valence-electron chi connectivity index (χ3n) is 6.34. The van der Waals surface area contributed by atoms with Crippen LogP contribution in [0.3, 0.4) is 0 Å². The van der Waals surface area contributed by atoms with Gasteiger partial charge in [-0.2, -0.15) is 0 Å². The van der Waals surface area contributed by atoms with E-state index >= 15 is 0 Å². The molecule has 1 heterocycles. The van der Waals surface area contributed by atoms with E-state index in [1.54, 1.807) is 12.1 Å². The molecule has 166 valence electrons. The molecule has 3 aromatic rings. The summed E-state index contributed by atoms with van der Waals surface area (Å²) in [6.07, 6.45) is 0.452. The maximum Gasteiger partial charge on any atom is 0.254 e. The lowest BCUT2D eigenvalue weighted by atomic mass is 9.91. The summed E-state index contributed by atoms with van der Waals surface area (Å²) in [6, 6.07) is 22.4. The maximum absolute atomic E-state index is 13.8. The average molecular weight is 477 g/mol. The van der Waals surface area contributed by atoms with Gasteiger partial charge < -0.3 is 10.2 Å². The Morgan fingerprint density at radius 3 is 2.45 bits per heavy atom. The van der Waals surface area contributed by atoms with Crippen molar-refractivity contribution in [3.63, 3.8) is 0 Å². The molecule has 6 heteroatoms. The summed E-state index contributed by atoms with van der Waals surface area (Å²) < 4.78 is 0. The average Bonchev–Trinajstić information content (AvgIpc) is 3.53. The van der Waals surface area contributed by atoms with E-state index in [-0.39, 0.29) is 17.6 Å². The predicted molar refractivity (Wildman–Crippen MR) is 132 cm³/mol. The number of rotatable bonds is 5. The lowest BCUT2D eigenvalue weighted by molar-refractivity contribution is -0.116. The van der Waals surface area contributed by atoms with Crippen molar-refractivity contribution in [2.24, 2.45) is 5.92 Å². The lowest BCUT2D eigenvalue weighted by Crippen LogP contribution is -2.35. The maximum atomic E-state index is 13.8. The number of carbonyl (C=O) groups excluding carboxylic acids is 2. The van der Waals surface area contributed by atoms with E-state index in [0.29, 0.717) is 28.6 Å². The van der Waals surface area contributed by atoms with Crippen LogP contribution in [0.4, 0.5) is 5.69 Å². The summed E-state index contributed by atoms with van der Waals surface area (Å²) in [5, 5.41) is 4.33. The van der Waals surface area contributed by atoms with Crippen LogP contribution >= 0.6 is 23.2 Å². The highest BCUT2D eigenvalue weighted by molar-refractivity contribution is 6.32. The largest absolute Gasteiger partial charge is 0.344 e. The third-order valence-corrected chi connectivity index (χ3v) is 6.93. The number of nitrogens with zero attached hydrogens (tertiary/aromatic N) is 1. The Labute approximate surface area is 202 Å². The summed E-state index contributed by atoms with van der Waals surface area (Å²) in [4.78, 5) is 27.9. The van der Waals surface area contributed by atoms with Crippen LogP contribution in [0.15, 0.2) is 78.5 Å². The molecule has 1 saturated carbocycles. The number of nitrogens with one attached hydrogen (secondary N) is 1. The minimum Gasteiger partial charge on any atom is -0.344 e. The van der Waals surface area contributed by atoms with Gasteiger partial charge in [-0.1, -0.05) is 65.7 Å². The predicted octanol–water partition coefficient (Wildman–Crippen LogP) is 6.19. The van der Waals surface area contributed by atoms with E-state index in [9.17, 15) is 9.59 Å². The first-order valence-electron chi connectivity index (χ1n) is 10.8. The Kier molecular flexibility index (Phi) is 5.73. The van der Waals surface area contributed by atoms with Gasteiger partial charge in [0.25, 0.3) is 5.91 Å². The van der Waals surface area contributed by atoms with E-state index in [1.165, 1.54) is 0 Å². The van der Waals surface area contributed by atoms with Crippen LogP contribution in [0.1, 0.15) is 36.1 Å². The summed E-state index contributed by atoms with van der Waals surface area (Å²) >= 11 is 12.8. The molecule has 1 aliphatic carbocycles. The van der Waals surface area contributed by atoms with Crippen molar-refractivity contribution in [1.82, 2.24) is 5.32 Å². The second-order valence-electron chi connectivity index (χ2n) is 8.43. The van der Waals surface area contributed by atoms with Crippen molar-refractivity contribution in [3.8, 4) is 0 Å². The zero-order chi connectivity index (χ0) is 23.1. The summed E-state index contributed by atoms with van der Waals surface area (Å²) in [7, 11) is 0. The minimum atomic E-state index is -0.432. The van der Waals surface area contributed by atoms with Gasteiger partial charge in [0.1, 0.15) is 5.78 Å². The molecule has 0 aromatic heterocycles. The number of para-hydroxylation sites is 1. The van der Waals surface area contributed by atoms with Gasteiger partial charge in [-0.3, -0.25) is 9.59 Å². The molecule has 2 aliphatic rings. The number of Topliss-reactive ketones (excluding diaryl/α,β-unsaturated/α-hetero) is 1.